The fourth-order valence-corrected chi connectivity index (χ4v) is 1.65. The van der Waals surface area contributed by atoms with Gasteiger partial charge in [0.25, 0.3) is 0 Å². The first-order chi connectivity index (χ1) is 5.97. The van der Waals surface area contributed by atoms with Crippen molar-refractivity contribution in [2.45, 2.75) is 6.23 Å². The number of nitrogens with one attached hydrogen (secondary N) is 1. The van der Waals surface area contributed by atoms with Crippen LogP contribution in [0.1, 0.15) is 0 Å². The number of hydrogen-bond donors (Lipinski definition) is 1. The van der Waals surface area contributed by atoms with E-state index in [9.17, 15) is 0 Å². The third kappa shape index (κ3) is 1.95. The predicted molar refractivity (Wildman–Crippen MR) is 45.0 cm³/mol. The molecule has 1 N–H and O–H groups in total. The van der Waals surface area contributed by atoms with Crippen molar-refractivity contribution in [2.24, 2.45) is 0 Å². The minimum atomic E-state index is 0.280. The first kappa shape index (κ1) is 8.44. The lowest BCUT2D eigenvalue weighted by molar-refractivity contribution is -0.107. The standard InChI is InChI=1S/C8H16N2O2/c1-4-12-8(7-9-1)10-2-5-11-6-3-10/h8-9H,1-7H2. The van der Waals surface area contributed by atoms with Crippen molar-refractivity contribution >= 4 is 0 Å². The van der Waals surface area contributed by atoms with Crippen molar-refractivity contribution in [1.82, 2.24) is 10.2 Å². The SMILES string of the molecule is C1COC(N2CCOCC2)CN1. The summed E-state index contributed by atoms with van der Waals surface area (Å²) in [7, 11) is 0. The zero-order valence-corrected chi connectivity index (χ0v) is 7.29. The minimum absolute atomic E-state index is 0.280. The van der Waals surface area contributed by atoms with Crippen LogP contribution in [0.25, 0.3) is 0 Å². The van der Waals surface area contributed by atoms with Gasteiger partial charge in [-0.05, 0) is 0 Å². The maximum Gasteiger partial charge on any atom is 0.123 e. The van der Waals surface area contributed by atoms with Crippen molar-refractivity contribution in [1.29, 1.82) is 0 Å². The lowest BCUT2D eigenvalue weighted by Gasteiger charge is -2.36. The molecular formula is C8H16N2O2. The van der Waals surface area contributed by atoms with Gasteiger partial charge in [0.05, 0.1) is 19.8 Å². The van der Waals surface area contributed by atoms with Crippen LogP contribution in [0, 0.1) is 0 Å². The molecule has 0 amide bonds. The molecule has 12 heavy (non-hydrogen) atoms. The Labute approximate surface area is 72.8 Å². The van der Waals surface area contributed by atoms with Crippen molar-refractivity contribution < 1.29 is 9.47 Å². The fourth-order valence-electron chi connectivity index (χ4n) is 1.65. The molecule has 0 aromatic heterocycles. The summed E-state index contributed by atoms with van der Waals surface area (Å²) in [5, 5.41) is 3.32. The summed E-state index contributed by atoms with van der Waals surface area (Å²) in [5.41, 5.74) is 0. The molecule has 4 heteroatoms. The molecule has 70 valence electrons. The van der Waals surface area contributed by atoms with Crippen LogP contribution in [-0.2, 0) is 9.47 Å². The first-order valence-electron chi connectivity index (χ1n) is 4.61. The van der Waals surface area contributed by atoms with Crippen LogP contribution in [0.15, 0.2) is 0 Å². The quantitative estimate of drug-likeness (QED) is 0.565. The molecule has 0 radical (unpaired) electrons. The average molecular weight is 172 g/mol. The Morgan fingerprint density at radius 3 is 2.67 bits per heavy atom. The topological polar surface area (TPSA) is 33.7 Å². The van der Waals surface area contributed by atoms with Gasteiger partial charge < -0.3 is 14.8 Å². The monoisotopic (exact) mass is 172 g/mol. The van der Waals surface area contributed by atoms with E-state index in [2.05, 4.69) is 10.2 Å². The minimum Gasteiger partial charge on any atom is -0.379 e. The van der Waals surface area contributed by atoms with Crippen LogP contribution in [0.4, 0.5) is 0 Å². The molecule has 0 spiro atoms. The van der Waals surface area contributed by atoms with Gasteiger partial charge in [-0.2, -0.15) is 0 Å². The third-order valence-corrected chi connectivity index (χ3v) is 2.36. The molecule has 0 bridgehead atoms. The van der Waals surface area contributed by atoms with Crippen molar-refractivity contribution in [3.8, 4) is 0 Å². The maximum atomic E-state index is 5.63. The van der Waals surface area contributed by atoms with Crippen LogP contribution in [0.5, 0.6) is 0 Å². The smallest absolute Gasteiger partial charge is 0.123 e. The molecule has 1 unspecified atom stereocenters. The van der Waals surface area contributed by atoms with Gasteiger partial charge in [-0.3, -0.25) is 4.90 Å². The summed E-state index contributed by atoms with van der Waals surface area (Å²) in [5.74, 6) is 0. The Balaban J connectivity index is 1.80. The first-order valence-corrected chi connectivity index (χ1v) is 4.61. The van der Waals surface area contributed by atoms with E-state index in [0.29, 0.717) is 0 Å². The van der Waals surface area contributed by atoms with Crippen molar-refractivity contribution in [2.75, 3.05) is 46.0 Å². The van der Waals surface area contributed by atoms with E-state index in [1.807, 2.05) is 0 Å². The number of ether oxygens (including phenoxy) is 2. The van der Waals surface area contributed by atoms with Crippen molar-refractivity contribution in [3.05, 3.63) is 0 Å². The summed E-state index contributed by atoms with van der Waals surface area (Å²) in [4.78, 5) is 2.34. The van der Waals surface area contributed by atoms with E-state index in [-0.39, 0.29) is 6.23 Å². The molecule has 1 atom stereocenters. The molecular weight excluding hydrogens is 156 g/mol. The number of hydrogen-bond acceptors (Lipinski definition) is 4. The predicted octanol–water partition coefficient (Wildman–Crippen LogP) is -0.735. The van der Waals surface area contributed by atoms with E-state index < -0.39 is 0 Å². The molecule has 4 nitrogen and oxygen atoms in total. The summed E-state index contributed by atoms with van der Waals surface area (Å²) < 4.78 is 10.9. The van der Waals surface area contributed by atoms with E-state index in [1.54, 1.807) is 0 Å². The summed E-state index contributed by atoms with van der Waals surface area (Å²) >= 11 is 0. The Hall–Kier alpha value is -0.160. The molecule has 2 saturated heterocycles. The van der Waals surface area contributed by atoms with Gasteiger partial charge in [0.15, 0.2) is 0 Å². The second-order valence-electron chi connectivity index (χ2n) is 3.18. The van der Waals surface area contributed by atoms with Crippen LogP contribution < -0.4 is 5.32 Å². The molecule has 2 aliphatic rings. The van der Waals surface area contributed by atoms with E-state index in [1.165, 1.54) is 0 Å². The van der Waals surface area contributed by atoms with Crippen LogP contribution >= 0.6 is 0 Å². The Morgan fingerprint density at radius 1 is 1.17 bits per heavy atom. The van der Waals surface area contributed by atoms with E-state index in [4.69, 9.17) is 9.47 Å². The average Bonchev–Trinajstić information content (AvgIpc) is 2.21. The highest BCUT2D eigenvalue weighted by Crippen LogP contribution is 2.06. The fraction of sp³-hybridized carbons (Fsp3) is 1.00. The highest BCUT2D eigenvalue weighted by atomic mass is 16.5. The lowest BCUT2D eigenvalue weighted by Crippen LogP contribution is -2.52. The van der Waals surface area contributed by atoms with Crippen LogP contribution in [0.2, 0.25) is 0 Å². The van der Waals surface area contributed by atoms with Crippen LogP contribution in [-0.4, -0.2) is 57.1 Å². The van der Waals surface area contributed by atoms with Gasteiger partial charge in [-0.15, -0.1) is 0 Å². The second kappa shape index (κ2) is 4.18. The number of rotatable bonds is 1. The van der Waals surface area contributed by atoms with E-state index >= 15 is 0 Å². The normalized spacial score (nSPS) is 33.5. The highest BCUT2D eigenvalue weighted by Gasteiger charge is 2.22. The summed E-state index contributed by atoms with van der Waals surface area (Å²) in [6.45, 7) is 6.49. The molecule has 0 aromatic rings. The lowest BCUT2D eigenvalue weighted by atomic mass is 10.3. The summed E-state index contributed by atoms with van der Waals surface area (Å²) in [6.07, 6.45) is 0.280. The molecule has 2 heterocycles. The Bertz CT molecular complexity index is 115. The Kier molecular flexibility index (Phi) is 2.94. The Morgan fingerprint density at radius 2 is 2.00 bits per heavy atom. The van der Waals surface area contributed by atoms with Gasteiger partial charge in [-0.25, -0.2) is 0 Å². The number of nitrogens with zero attached hydrogens (tertiary/aromatic N) is 1. The third-order valence-electron chi connectivity index (χ3n) is 2.36. The molecule has 2 aliphatic heterocycles. The summed E-state index contributed by atoms with van der Waals surface area (Å²) in [6, 6.07) is 0. The van der Waals surface area contributed by atoms with Crippen molar-refractivity contribution in [3.63, 3.8) is 0 Å². The molecule has 2 fully saturated rings. The molecule has 2 rings (SSSR count). The maximum absolute atomic E-state index is 5.63. The highest BCUT2D eigenvalue weighted by molar-refractivity contribution is 4.71. The van der Waals surface area contributed by atoms with Crippen LogP contribution in [0.3, 0.4) is 0 Å². The largest absolute Gasteiger partial charge is 0.379 e. The van der Waals surface area contributed by atoms with Gasteiger partial charge in [0.2, 0.25) is 0 Å². The number of morpholine rings is 2. The zero-order chi connectivity index (χ0) is 8.23. The van der Waals surface area contributed by atoms with Gasteiger partial charge in [0.1, 0.15) is 6.23 Å². The van der Waals surface area contributed by atoms with Gasteiger partial charge >= 0.3 is 0 Å². The molecule has 0 saturated carbocycles. The second-order valence-corrected chi connectivity index (χ2v) is 3.18. The molecule has 0 aliphatic carbocycles. The van der Waals surface area contributed by atoms with E-state index in [0.717, 1.165) is 46.0 Å². The van der Waals surface area contributed by atoms with Gasteiger partial charge in [-0.1, -0.05) is 0 Å². The zero-order valence-electron chi connectivity index (χ0n) is 7.29. The molecule has 0 aromatic carbocycles. The van der Waals surface area contributed by atoms with Gasteiger partial charge in [0, 0.05) is 26.2 Å².